The van der Waals surface area contributed by atoms with Crippen LogP contribution in [0.3, 0.4) is 0 Å². The number of carbonyl (C=O) groups excluding carboxylic acids is 1. The maximum atomic E-state index is 12.3. The van der Waals surface area contributed by atoms with Crippen molar-refractivity contribution >= 4 is 11.7 Å². The van der Waals surface area contributed by atoms with Gasteiger partial charge in [0.25, 0.3) is 0 Å². The van der Waals surface area contributed by atoms with Gasteiger partial charge >= 0.3 is 0 Å². The van der Waals surface area contributed by atoms with E-state index >= 15 is 0 Å². The molecule has 3 rings (SSSR count). The third-order valence-electron chi connectivity index (χ3n) is 4.26. The molecule has 1 fully saturated rings. The van der Waals surface area contributed by atoms with Gasteiger partial charge in [0.05, 0.1) is 17.8 Å². The lowest BCUT2D eigenvalue weighted by Crippen LogP contribution is -2.40. The molecule has 0 atom stereocenters. The zero-order valence-corrected chi connectivity index (χ0v) is 13.4. The molecule has 1 aromatic heterocycles. The van der Waals surface area contributed by atoms with E-state index in [1.807, 2.05) is 12.1 Å². The number of nitriles is 1. The van der Waals surface area contributed by atoms with Crippen molar-refractivity contribution in [1.29, 1.82) is 5.26 Å². The Labute approximate surface area is 141 Å². The number of carbonyl (C=O) groups is 1. The number of nitrogens with zero attached hydrogens (tertiary/aromatic N) is 4. The van der Waals surface area contributed by atoms with Crippen molar-refractivity contribution in [2.24, 2.45) is 5.92 Å². The molecule has 0 bridgehead atoms. The van der Waals surface area contributed by atoms with Crippen LogP contribution in [0, 0.1) is 17.2 Å². The molecular weight excluding hydrogens is 302 g/mol. The second-order valence-corrected chi connectivity index (χ2v) is 5.85. The van der Waals surface area contributed by atoms with Gasteiger partial charge < -0.3 is 10.2 Å². The predicted octanol–water partition coefficient (Wildman–Crippen LogP) is 1.88. The van der Waals surface area contributed by atoms with Crippen LogP contribution in [-0.2, 0) is 11.3 Å². The molecule has 24 heavy (non-hydrogen) atoms. The van der Waals surface area contributed by atoms with E-state index in [-0.39, 0.29) is 11.8 Å². The summed E-state index contributed by atoms with van der Waals surface area (Å²) in [5, 5.41) is 11.9. The van der Waals surface area contributed by atoms with Gasteiger partial charge in [-0.2, -0.15) is 5.26 Å². The second kappa shape index (κ2) is 7.55. The Bertz CT molecular complexity index is 733. The average Bonchev–Trinajstić information content (AvgIpc) is 2.67. The maximum absolute atomic E-state index is 12.3. The average molecular weight is 321 g/mol. The highest BCUT2D eigenvalue weighted by molar-refractivity contribution is 5.79. The summed E-state index contributed by atoms with van der Waals surface area (Å²) >= 11 is 0. The predicted molar refractivity (Wildman–Crippen MR) is 90.0 cm³/mol. The summed E-state index contributed by atoms with van der Waals surface area (Å²) < 4.78 is 0. The van der Waals surface area contributed by atoms with Crippen molar-refractivity contribution in [2.45, 2.75) is 19.4 Å². The number of rotatable bonds is 4. The van der Waals surface area contributed by atoms with Gasteiger partial charge in [0.15, 0.2) is 0 Å². The normalized spacial score (nSPS) is 14.9. The van der Waals surface area contributed by atoms with Crippen molar-refractivity contribution in [1.82, 2.24) is 15.3 Å². The molecule has 1 saturated heterocycles. The Morgan fingerprint density at radius 2 is 2.17 bits per heavy atom. The largest absolute Gasteiger partial charge is 0.355 e. The van der Waals surface area contributed by atoms with Crippen LogP contribution in [0.5, 0.6) is 0 Å². The zero-order chi connectivity index (χ0) is 16.8. The van der Waals surface area contributed by atoms with Crippen LogP contribution in [0.2, 0.25) is 0 Å². The lowest BCUT2D eigenvalue weighted by atomic mass is 9.96. The van der Waals surface area contributed by atoms with E-state index in [2.05, 4.69) is 26.3 Å². The smallest absolute Gasteiger partial charge is 0.223 e. The quantitative estimate of drug-likeness (QED) is 0.930. The van der Waals surface area contributed by atoms with Crippen LogP contribution in [0.4, 0.5) is 5.82 Å². The van der Waals surface area contributed by atoms with E-state index in [0.29, 0.717) is 12.1 Å². The van der Waals surface area contributed by atoms with Crippen LogP contribution in [0.25, 0.3) is 0 Å². The Hall–Kier alpha value is -2.94. The first-order valence-corrected chi connectivity index (χ1v) is 8.04. The van der Waals surface area contributed by atoms with Gasteiger partial charge in [0.2, 0.25) is 5.91 Å². The molecule has 2 heterocycles. The maximum Gasteiger partial charge on any atom is 0.223 e. The second-order valence-electron chi connectivity index (χ2n) is 5.85. The fraction of sp³-hybridized carbons (Fsp3) is 0.333. The fourth-order valence-electron chi connectivity index (χ4n) is 2.91. The van der Waals surface area contributed by atoms with Crippen LogP contribution in [0.15, 0.2) is 42.9 Å². The molecular formula is C18H19N5O. The molecule has 6 heteroatoms. The topological polar surface area (TPSA) is 81.9 Å². The minimum absolute atomic E-state index is 0.0251. The standard InChI is InChI=1S/C18H19N5O/c19-11-14-2-1-3-15(10-14)12-22-18(24)16-4-8-23(9-5-16)17-13-20-6-7-21-17/h1-3,6-7,10,13,16H,4-5,8-9,12H2,(H,22,24). The summed E-state index contributed by atoms with van der Waals surface area (Å²) in [7, 11) is 0. The lowest BCUT2D eigenvalue weighted by Gasteiger charge is -2.31. The molecule has 122 valence electrons. The molecule has 0 radical (unpaired) electrons. The summed E-state index contributed by atoms with van der Waals surface area (Å²) in [4.78, 5) is 22.9. The van der Waals surface area contributed by atoms with Crippen molar-refractivity contribution in [3.05, 3.63) is 54.0 Å². The van der Waals surface area contributed by atoms with Crippen LogP contribution in [-0.4, -0.2) is 29.0 Å². The van der Waals surface area contributed by atoms with Crippen LogP contribution < -0.4 is 10.2 Å². The van der Waals surface area contributed by atoms with E-state index in [0.717, 1.165) is 37.3 Å². The molecule has 0 aliphatic carbocycles. The van der Waals surface area contributed by atoms with Crippen molar-refractivity contribution in [3.8, 4) is 6.07 Å². The first-order chi connectivity index (χ1) is 11.8. The first kappa shape index (κ1) is 15.9. The number of piperidine rings is 1. The molecule has 1 aliphatic rings. The molecule has 0 unspecified atom stereocenters. The van der Waals surface area contributed by atoms with E-state index in [4.69, 9.17) is 5.26 Å². The molecule has 6 nitrogen and oxygen atoms in total. The molecule has 1 N–H and O–H groups in total. The number of anilines is 1. The van der Waals surface area contributed by atoms with Gasteiger partial charge in [-0.05, 0) is 30.5 Å². The highest BCUT2D eigenvalue weighted by Gasteiger charge is 2.25. The molecule has 0 saturated carbocycles. The number of nitrogens with one attached hydrogen (secondary N) is 1. The van der Waals surface area contributed by atoms with E-state index in [9.17, 15) is 4.79 Å². The molecule has 2 aromatic rings. The minimum atomic E-state index is 0.0251. The summed E-state index contributed by atoms with van der Waals surface area (Å²) in [6.45, 7) is 2.07. The van der Waals surface area contributed by atoms with Gasteiger partial charge in [-0.15, -0.1) is 0 Å². The van der Waals surface area contributed by atoms with E-state index in [1.54, 1.807) is 30.7 Å². The van der Waals surface area contributed by atoms with E-state index < -0.39 is 0 Å². The highest BCUT2D eigenvalue weighted by Crippen LogP contribution is 2.21. The number of hydrogen-bond acceptors (Lipinski definition) is 5. The summed E-state index contributed by atoms with van der Waals surface area (Å²) in [6, 6.07) is 9.42. The number of hydrogen-bond donors (Lipinski definition) is 1. The molecule has 1 aromatic carbocycles. The number of aromatic nitrogens is 2. The van der Waals surface area contributed by atoms with Crippen molar-refractivity contribution < 1.29 is 4.79 Å². The van der Waals surface area contributed by atoms with Crippen molar-refractivity contribution in [3.63, 3.8) is 0 Å². The third-order valence-corrected chi connectivity index (χ3v) is 4.26. The summed E-state index contributed by atoms with van der Waals surface area (Å²) in [6.07, 6.45) is 6.71. The van der Waals surface area contributed by atoms with Crippen molar-refractivity contribution in [2.75, 3.05) is 18.0 Å². The SMILES string of the molecule is N#Cc1cccc(CNC(=O)C2CCN(c3cnccn3)CC2)c1. The Kier molecular flexibility index (Phi) is 5.02. The zero-order valence-electron chi connectivity index (χ0n) is 13.4. The Balaban J connectivity index is 1.49. The highest BCUT2D eigenvalue weighted by atomic mass is 16.1. The first-order valence-electron chi connectivity index (χ1n) is 8.04. The molecule has 1 aliphatic heterocycles. The fourth-order valence-corrected chi connectivity index (χ4v) is 2.91. The van der Waals surface area contributed by atoms with Gasteiger partial charge in [0.1, 0.15) is 5.82 Å². The third kappa shape index (κ3) is 3.87. The Morgan fingerprint density at radius 1 is 1.33 bits per heavy atom. The number of amides is 1. The molecule has 0 spiro atoms. The molecule has 1 amide bonds. The van der Waals surface area contributed by atoms with Gasteiger partial charge in [-0.1, -0.05) is 12.1 Å². The lowest BCUT2D eigenvalue weighted by molar-refractivity contribution is -0.125. The summed E-state index contributed by atoms with van der Waals surface area (Å²) in [5.74, 6) is 0.970. The van der Waals surface area contributed by atoms with Gasteiger partial charge in [-0.3, -0.25) is 9.78 Å². The van der Waals surface area contributed by atoms with Crippen LogP contribution in [0.1, 0.15) is 24.0 Å². The van der Waals surface area contributed by atoms with Gasteiger partial charge in [0, 0.05) is 37.9 Å². The minimum Gasteiger partial charge on any atom is -0.355 e. The van der Waals surface area contributed by atoms with Crippen LogP contribution >= 0.6 is 0 Å². The number of benzene rings is 1. The monoisotopic (exact) mass is 321 g/mol. The van der Waals surface area contributed by atoms with Gasteiger partial charge in [-0.25, -0.2) is 4.98 Å². The van der Waals surface area contributed by atoms with E-state index in [1.165, 1.54) is 0 Å². The summed E-state index contributed by atoms with van der Waals surface area (Å²) in [5.41, 5.74) is 1.55. The Morgan fingerprint density at radius 3 is 2.88 bits per heavy atom.